The van der Waals surface area contributed by atoms with Crippen molar-refractivity contribution in [1.29, 1.82) is 0 Å². The van der Waals surface area contributed by atoms with Gasteiger partial charge >= 0.3 is 0 Å². The van der Waals surface area contributed by atoms with Gasteiger partial charge < -0.3 is 0 Å². The first-order valence-corrected chi connectivity index (χ1v) is 7.25. The lowest BCUT2D eigenvalue weighted by Gasteiger charge is -2.23. The van der Waals surface area contributed by atoms with Crippen LogP contribution in [0.5, 0.6) is 0 Å². The van der Waals surface area contributed by atoms with Gasteiger partial charge in [-0.1, -0.05) is 30.3 Å². The quantitative estimate of drug-likeness (QED) is 0.720. The van der Waals surface area contributed by atoms with E-state index >= 15 is 0 Å². The number of rotatable bonds is 1. The Bertz CT molecular complexity index is 301. The molecule has 0 aliphatic carbocycles. The molecule has 2 saturated heterocycles. The SMILES string of the molecule is c1ccc(C23SCC(CS2)S3)cc1. The van der Waals surface area contributed by atoms with Crippen LogP contribution in [-0.2, 0) is 3.41 Å². The molecule has 0 saturated carbocycles. The predicted molar refractivity (Wildman–Crippen MR) is 64.4 cm³/mol. The van der Waals surface area contributed by atoms with Gasteiger partial charge in [0, 0.05) is 16.8 Å². The van der Waals surface area contributed by atoms with E-state index in [0.29, 0.717) is 3.41 Å². The molecule has 0 nitrogen and oxygen atoms in total. The maximum Gasteiger partial charge on any atom is 0.132 e. The van der Waals surface area contributed by atoms with Gasteiger partial charge in [0.05, 0.1) is 0 Å². The summed E-state index contributed by atoms with van der Waals surface area (Å²) < 4.78 is 0.353. The monoisotopic (exact) mass is 226 g/mol. The summed E-state index contributed by atoms with van der Waals surface area (Å²) in [6, 6.07) is 10.9. The van der Waals surface area contributed by atoms with Gasteiger partial charge in [-0.15, -0.1) is 35.3 Å². The highest BCUT2D eigenvalue weighted by molar-refractivity contribution is 8.37. The van der Waals surface area contributed by atoms with Gasteiger partial charge in [-0.05, 0) is 5.56 Å². The highest BCUT2D eigenvalue weighted by Crippen LogP contribution is 2.67. The molecule has 3 rings (SSSR count). The maximum absolute atomic E-state index is 2.26. The third kappa shape index (κ3) is 1.32. The Kier molecular flexibility index (Phi) is 2.07. The van der Waals surface area contributed by atoms with Crippen LogP contribution in [0, 0.1) is 0 Å². The molecule has 2 aliphatic rings. The number of hydrogen-bond donors (Lipinski definition) is 0. The Morgan fingerprint density at radius 2 is 1.77 bits per heavy atom. The minimum atomic E-state index is 0.353. The molecule has 0 radical (unpaired) electrons. The van der Waals surface area contributed by atoms with Crippen molar-refractivity contribution >= 4 is 35.3 Å². The van der Waals surface area contributed by atoms with E-state index in [2.05, 4.69) is 65.6 Å². The van der Waals surface area contributed by atoms with Gasteiger partial charge in [0.15, 0.2) is 0 Å². The van der Waals surface area contributed by atoms with Gasteiger partial charge in [0.2, 0.25) is 0 Å². The Labute approximate surface area is 91.2 Å². The lowest BCUT2D eigenvalue weighted by Crippen LogP contribution is -2.09. The first-order chi connectivity index (χ1) is 6.39. The van der Waals surface area contributed by atoms with E-state index in [9.17, 15) is 0 Å². The average Bonchev–Trinajstić information content (AvgIpc) is 2.80. The van der Waals surface area contributed by atoms with Gasteiger partial charge in [-0.25, -0.2) is 0 Å². The zero-order chi connectivity index (χ0) is 8.73. The topological polar surface area (TPSA) is 0 Å². The van der Waals surface area contributed by atoms with Crippen molar-refractivity contribution in [2.75, 3.05) is 11.5 Å². The summed E-state index contributed by atoms with van der Waals surface area (Å²) in [5, 5.41) is 0.898. The molecule has 0 spiro atoms. The fraction of sp³-hybridized carbons (Fsp3) is 0.400. The highest BCUT2D eigenvalue weighted by atomic mass is 32.3. The minimum Gasteiger partial charge on any atom is -0.128 e. The van der Waals surface area contributed by atoms with Crippen molar-refractivity contribution in [2.24, 2.45) is 0 Å². The maximum atomic E-state index is 2.26. The van der Waals surface area contributed by atoms with Crippen LogP contribution in [0.4, 0.5) is 0 Å². The summed E-state index contributed by atoms with van der Waals surface area (Å²) in [6.07, 6.45) is 0. The molecule has 0 amide bonds. The van der Waals surface area contributed by atoms with Gasteiger partial charge in [-0.3, -0.25) is 0 Å². The lowest BCUT2D eigenvalue weighted by molar-refractivity contribution is 1.17. The fourth-order valence-corrected chi connectivity index (χ4v) is 7.70. The second-order valence-electron chi connectivity index (χ2n) is 3.28. The van der Waals surface area contributed by atoms with E-state index < -0.39 is 0 Å². The third-order valence-electron chi connectivity index (χ3n) is 2.37. The molecule has 0 atom stereocenters. The zero-order valence-electron chi connectivity index (χ0n) is 7.10. The summed E-state index contributed by atoms with van der Waals surface area (Å²) >= 11 is 6.40. The van der Waals surface area contributed by atoms with Gasteiger partial charge in [0.25, 0.3) is 0 Å². The Hall–Kier alpha value is 0.270. The molecule has 2 fully saturated rings. The molecule has 13 heavy (non-hydrogen) atoms. The normalized spacial score (nSPS) is 36.8. The molecule has 0 N–H and O–H groups in total. The summed E-state index contributed by atoms with van der Waals surface area (Å²) in [5.74, 6) is 2.68. The van der Waals surface area contributed by atoms with Crippen LogP contribution in [0.3, 0.4) is 0 Å². The van der Waals surface area contributed by atoms with Gasteiger partial charge in [0.1, 0.15) is 3.41 Å². The predicted octanol–water partition coefficient (Wildman–Crippen LogP) is 3.39. The minimum absolute atomic E-state index is 0.353. The van der Waals surface area contributed by atoms with Crippen molar-refractivity contribution < 1.29 is 0 Å². The van der Waals surface area contributed by atoms with E-state index in [0.717, 1.165) is 5.25 Å². The fourth-order valence-electron chi connectivity index (χ4n) is 1.73. The summed E-state index contributed by atoms with van der Waals surface area (Å²) in [7, 11) is 0. The van der Waals surface area contributed by atoms with Crippen LogP contribution in [0.1, 0.15) is 5.56 Å². The number of benzene rings is 1. The van der Waals surface area contributed by atoms with Crippen molar-refractivity contribution in [1.82, 2.24) is 0 Å². The van der Waals surface area contributed by atoms with Crippen molar-refractivity contribution in [2.45, 2.75) is 8.66 Å². The largest absolute Gasteiger partial charge is 0.132 e. The molecule has 2 bridgehead atoms. The smallest absolute Gasteiger partial charge is 0.128 e. The number of thioether (sulfide) groups is 3. The van der Waals surface area contributed by atoms with Crippen LogP contribution in [0.25, 0.3) is 0 Å². The van der Waals surface area contributed by atoms with Crippen LogP contribution in [-0.4, -0.2) is 16.8 Å². The van der Waals surface area contributed by atoms with Crippen molar-refractivity contribution in [3.05, 3.63) is 35.9 Å². The molecule has 0 unspecified atom stereocenters. The molecule has 0 aromatic heterocycles. The summed E-state index contributed by atoms with van der Waals surface area (Å²) in [6.45, 7) is 0. The Balaban J connectivity index is 2.00. The summed E-state index contributed by atoms with van der Waals surface area (Å²) in [4.78, 5) is 0. The zero-order valence-corrected chi connectivity index (χ0v) is 9.55. The molecule has 2 heterocycles. The average molecular weight is 226 g/mol. The van der Waals surface area contributed by atoms with E-state index in [1.54, 1.807) is 0 Å². The first-order valence-electron chi connectivity index (χ1n) is 4.40. The Morgan fingerprint density at radius 3 is 2.31 bits per heavy atom. The number of hydrogen-bond acceptors (Lipinski definition) is 3. The van der Waals surface area contributed by atoms with E-state index in [1.165, 1.54) is 17.1 Å². The Morgan fingerprint density at radius 1 is 1.08 bits per heavy atom. The first kappa shape index (κ1) is 8.57. The molecule has 2 aliphatic heterocycles. The van der Waals surface area contributed by atoms with Crippen molar-refractivity contribution in [3.63, 3.8) is 0 Å². The second kappa shape index (κ2) is 3.14. The molecule has 1 aromatic rings. The molecular weight excluding hydrogens is 216 g/mol. The van der Waals surface area contributed by atoms with E-state index in [4.69, 9.17) is 0 Å². The molecule has 3 heteroatoms. The van der Waals surface area contributed by atoms with Gasteiger partial charge in [-0.2, -0.15) is 0 Å². The highest BCUT2D eigenvalue weighted by Gasteiger charge is 2.48. The van der Waals surface area contributed by atoms with Crippen LogP contribution in [0.2, 0.25) is 0 Å². The van der Waals surface area contributed by atoms with E-state index in [-0.39, 0.29) is 0 Å². The lowest BCUT2D eigenvalue weighted by atomic mass is 10.2. The van der Waals surface area contributed by atoms with Crippen LogP contribution >= 0.6 is 35.3 Å². The standard InChI is InChI=1S/C10H10S3/c1-2-4-8(5-3-1)10-11-6-9(13-10)7-12-10/h1-5,9H,6-7H2. The van der Waals surface area contributed by atoms with Crippen LogP contribution < -0.4 is 0 Å². The third-order valence-corrected chi connectivity index (χ3v) is 8.36. The molecule has 1 aromatic carbocycles. The summed E-state index contributed by atoms with van der Waals surface area (Å²) in [5.41, 5.74) is 1.50. The molecular formula is C10H10S3. The van der Waals surface area contributed by atoms with Crippen LogP contribution in [0.15, 0.2) is 30.3 Å². The van der Waals surface area contributed by atoms with Crippen molar-refractivity contribution in [3.8, 4) is 0 Å². The molecule has 68 valence electrons. The number of fused-ring (bicyclic) bond motifs is 2. The second-order valence-corrected chi connectivity index (χ2v) is 8.04. The van der Waals surface area contributed by atoms with E-state index in [1.807, 2.05) is 0 Å².